The van der Waals surface area contributed by atoms with Crippen molar-refractivity contribution in [1.82, 2.24) is 29.5 Å². The minimum absolute atomic E-state index is 0.0804. The first kappa shape index (κ1) is 17.4. The monoisotopic (exact) mass is 386 g/mol. The molecular weight excluding hydrogens is 372 g/mol. The van der Waals surface area contributed by atoms with Gasteiger partial charge in [-0.05, 0) is 24.6 Å². The number of nitrogens with zero attached hydrogens (tertiary/aromatic N) is 6. The summed E-state index contributed by atoms with van der Waals surface area (Å²) in [6, 6.07) is 6.89. The van der Waals surface area contributed by atoms with Gasteiger partial charge < -0.3 is 9.63 Å². The number of hydrogen-bond donors (Lipinski definition) is 1. The lowest BCUT2D eigenvalue weighted by molar-refractivity contribution is 0.174. The van der Waals surface area contributed by atoms with E-state index in [-0.39, 0.29) is 24.4 Å². The van der Waals surface area contributed by atoms with Gasteiger partial charge in [0.15, 0.2) is 11.3 Å². The van der Waals surface area contributed by atoms with Crippen LogP contribution in [0.2, 0.25) is 5.02 Å². The Balaban J connectivity index is 1.51. The number of aromatic nitrogens is 6. The Morgan fingerprint density at radius 1 is 1.26 bits per heavy atom. The second-order valence-electron chi connectivity index (χ2n) is 6.11. The Hall–Kier alpha value is -3.04. The zero-order valence-electron chi connectivity index (χ0n) is 14.3. The molecule has 10 heteroatoms. The molecule has 9 nitrogen and oxygen atoms in total. The average Bonchev–Trinajstić information content (AvgIpc) is 3.25. The number of aryl methyl sites for hydroxylation is 1. The van der Waals surface area contributed by atoms with Crippen LogP contribution in [0.15, 0.2) is 46.1 Å². The molecule has 0 spiro atoms. The van der Waals surface area contributed by atoms with Crippen LogP contribution in [0.1, 0.15) is 28.9 Å². The number of fused-ring (bicyclic) bond motifs is 1. The van der Waals surface area contributed by atoms with E-state index in [2.05, 4.69) is 20.3 Å². The third-order valence-corrected chi connectivity index (χ3v) is 4.40. The number of halogens is 1. The molecule has 3 aromatic heterocycles. The van der Waals surface area contributed by atoms with E-state index >= 15 is 0 Å². The van der Waals surface area contributed by atoms with E-state index in [1.165, 1.54) is 15.5 Å². The van der Waals surface area contributed by atoms with Gasteiger partial charge in [-0.2, -0.15) is 10.1 Å². The number of hydrogen-bond acceptors (Lipinski definition) is 7. The lowest BCUT2D eigenvalue weighted by Crippen LogP contribution is -2.24. The summed E-state index contributed by atoms with van der Waals surface area (Å²) in [4.78, 5) is 16.8. The summed E-state index contributed by atoms with van der Waals surface area (Å²) in [5.41, 5.74) is 1.59. The lowest BCUT2D eigenvalue weighted by atomic mass is 10.1. The summed E-state index contributed by atoms with van der Waals surface area (Å²) in [6.45, 7) is 1.87. The van der Waals surface area contributed by atoms with Gasteiger partial charge in [0.05, 0.1) is 12.3 Å². The fourth-order valence-electron chi connectivity index (χ4n) is 2.73. The number of aliphatic hydroxyl groups is 1. The molecular formula is C17H15ClN6O3. The first-order valence-electron chi connectivity index (χ1n) is 8.16. The Morgan fingerprint density at radius 2 is 2.04 bits per heavy atom. The van der Waals surface area contributed by atoms with Gasteiger partial charge in [-0.25, -0.2) is 0 Å². The van der Waals surface area contributed by atoms with E-state index in [0.29, 0.717) is 21.9 Å². The maximum absolute atomic E-state index is 12.5. The topological polar surface area (TPSA) is 111 Å². The molecule has 0 saturated carbocycles. The minimum atomic E-state index is -0.789. The van der Waals surface area contributed by atoms with Gasteiger partial charge in [0, 0.05) is 17.0 Å². The quantitative estimate of drug-likeness (QED) is 0.554. The minimum Gasteiger partial charge on any atom is -0.388 e. The fraction of sp³-hybridized carbons (Fsp3) is 0.235. The maximum Gasteiger partial charge on any atom is 0.280 e. The molecule has 3 heterocycles. The highest BCUT2D eigenvalue weighted by Crippen LogP contribution is 2.19. The van der Waals surface area contributed by atoms with Crippen LogP contribution < -0.4 is 5.56 Å². The van der Waals surface area contributed by atoms with E-state index in [1.807, 2.05) is 0 Å². The third-order valence-electron chi connectivity index (χ3n) is 4.14. The highest BCUT2D eigenvalue weighted by atomic mass is 35.5. The van der Waals surface area contributed by atoms with Crippen LogP contribution in [0.4, 0.5) is 0 Å². The average molecular weight is 387 g/mol. The van der Waals surface area contributed by atoms with E-state index in [9.17, 15) is 9.90 Å². The zero-order valence-corrected chi connectivity index (χ0v) is 15.0. The highest BCUT2D eigenvalue weighted by molar-refractivity contribution is 6.30. The van der Waals surface area contributed by atoms with E-state index in [0.717, 1.165) is 5.56 Å². The van der Waals surface area contributed by atoms with Gasteiger partial charge in [-0.1, -0.05) is 28.9 Å². The van der Waals surface area contributed by atoms with Crippen molar-refractivity contribution in [2.24, 2.45) is 0 Å². The molecule has 4 rings (SSSR count). The van der Waals surface area contributed by atoms with Gasteiger partial charge in [0.1, 0.15) is 12.9 Å². The molecule has 0 bridgehead atoms. The van der Waals surface area contributed by atoms with Crippen molar-refractivity contribution >= 4 is 17.1 Å². The molecule has 0 aliphatic rings. The van der Waals surface area contributed by atoms with Gasteiger partial charge in [0.2, 0.25) is 5.89 Å². The molecule has 1 N–H and O–H groups in total. The smallest absolute Gasteiger partial charge is 0.280 e. The summed E-state index contributed by atoms with van der Waals surface area (Å²) < 4.78 is 7.86. The Morgan fingerprint density at radius 3 is 2.81 bits per heavy atom. The maximum atomic E-state index is 12.5. The van der Waals surface area contributed by atoms with Crippen LogP contribution in [0, 0.1) is 6.92 Å². The van der Waals surface area contributed by atoms with Crippen LogP contribution in [0.5, 0.6) is 0 Å². The standard InChI is InChI=1S/C17H15ClN6O3/c1-10-7-19-24-16(10)17(26)23(9-20-24)8-15-21-14(22-27-15)6-13(25)11-2-4-12(18)5-3-11/h2-5,7,9,13,25H,6,8H2,1H3. The number of rotatable bonds is 5. The zero-order chi connectivity index (χ0) is 19.0. The van der Waals surface area contributed by atoms with Gasteiger partial charge in [-0.15, -0.1) is 9.73 Å². The summed E-state index contributed by atoms with van der Waals surface area (Å²) in [5.74, 6) is 0.591. The molecule has 0 saturated heterocycles. The summed E-state index contributed by atoms with van der Waals surface area (Å²) >= 11 is 5.85. The normalized spacial score (nSPS) is 12.6. The van der Waals surface area contributed by atoms with Gasteiger partial charge in [0.25, 0.3) is 5.56 Å². The molecule has 27 heavy (non-hydrogen) atoms. The molecule has 1 atom stereocenters. The molecule has 138 valence electrons. The Bertz CT molecular complexity index is 1150. The van der Waals surface area contributed by atoms with Crippen molar-refractivity contribution < 1.29 is 9.63 Å². The second kappa shape index (κ2) is 6.93. The molecule has 0 fully saturated rings. The summed E-state index contributed by atoms with van der Waals surface area (Å²) in [5, 5.41) is 22.8. The van der Waals surface area contributed by atoms with Crippen molar-refractivity contribution in [2.75, 3.05) is 0 Å². The molecule has 1 unspecified atom stereocenters. The second-order valence-corrected chi connectivity index (χ2v) is 6.54. The molecule has 4 aromatic rings. The molecule has 0 amide bonds. The van der Waals surface area contributed by atoms with Gasteiger partial charge in [-0.3, -0.25) is 9.36 Å². The Kier molecular flexibility index (Phi) is 4.46. The van der Waals surface area contributed by atoms with E-state index in [1.54, 1.807) is 37.4 Å². The van der Waals surface area contributed by atoms with Crippen LogP contribution in [0.25, 0.3) is 5.52 Å². The number of benzene rings is 1. The first-order chi connectivity index (χ1) is 13.0. The van der Waals surface area contributed by atoms with Crippen molar-refractivity contribution in [3.8, 4) is 0 Å². The summed E-state index contributed by atoms with van der Waals surface area (Å²) in [7, 11) is 0. The highest BCUT2D eigenvalue weighted by Gasteiger charge is 2.15. The molecule has 1 aromatic carbocycles. The predicted molar refractivity (Wildman–Crippen MR) is 95.5 cm³/mol. The SMILES string of the molecule is Cc1cnn2ncn(Cc3nc(CC(O)c4ccc(Cl)cc4)no3)c(=O)c12. The van der Waals surface area contributed by atoms with Crippen LogP contribution >= 0.6 is 11.6 Å². The number of aliphatic hydroxyl groups excluding tert-OH is 1. The Labute approximate surface area is 157 Å². The van der Waals surface area contributed by atoms with Crippen molar-refractivity contribution in [1.29, 1.82) is 0 Å². The van der Waals surface area contributed by atoms with Crippen LogP contribution in [0.3, 0.4) is 0 Å². The van der Waals surface area contributed by atoms with Crippen LogP contribution in [-0.2, 0) is 13.0 Å². The lowest BCUT2D eigenvalue weighted by Gasteiger charge is -2.08. The molecule has 0 aliphatic heterocycles. The fourth-order valence-corrected chi connectivity index (χ4v) is 2.86. The van der Waals surface area contributed by atoms with E-state index in [4.69, 9.17) is 16.1 Å². The first-order valence-corrected chi connectivity index (χ1v) is 8.54. The summed E-state index contributed by atoms with van der Waals surface area (Å²) in [6.07, 6.45) is 2.34. The van der Waals surface area contributed by atoms with Crippen molar-refractivity contribution in [3.63, 3.8) is 0 Å². The molecule has 0 aliphatic carbocycles. The third kappa shape index (κ3) is 3.46. The van der Waals surface area contributed by atoms with Crippen molar-refractivity contribution in [3.05, 3.63) is 75.0 Å². The van der Waals surface area contributed by atoms with Crippen LogP contribution in [-0.4, -0.2) is 34.6 Å². The van der Waals surface area contributed by atoms with E-state index < -0.39 is 6.10 Å². The van der Waals surface area contributed by atoms with Crippen molar-refractivity contribution in [2.45, 2.75) is 26.0 Å². The predicted octanol–water partition coefficient (Wildman–Crippen LogP) is 1.56. The van der Waals surface area contributed by atoms with Gasteiger partial charge >= 0.3 is 0 Å². The molecule has 0 radical (unpaired) electrons. The largest absolute Gasteiger partial charge is 0.388 e.